The lowest BCUT2D eigenvalue weighted by atomic mass is 10.2. The molecule has 0 unspecified atom stereocenters. The number of aromatic nitrogens is 3. The number of aliphatic carboxylic acids is 1. The molecule has 0 aliphatic rings. The third-order valence-electron chi connectivity index (χ3n) is 2.51. The van der Waals surface area contributed by atoms with Crippen LogP contribution in [0.2, 0.25) is 0 Å². The Hall–Kier alpha value is -2.29. The van der Waals surface area contributed by atoms with Crippen LogP contribution in [-0.4, -0.2) is 43.4 Å². The summed E-state index contributed by atoms with van der Waals surface area (Å²) in [5.41, 5.74) is -0.493. The van der Waals surface area contributed by atoms with Crippen LogP contribution in [0, 0.1) is 0 Å². The first-order chi connectivity index (χ1) is 9.90. The van der Waals surface area contributed by atoms with Crippen molar-refractivity contribution in [3.05, 3.63) is 28.2 Å². The number of nitrogens with zero attached hydrogens (tertiary/aromatic N) is 2. The van der Waals surface area contributed by atoms with Crippen LogP contribution < -0.4 is 10.7 Å². The molecule has 0 bridgehead atoms. The first-order valence-electron chi connectivity index (χ1n) is 6.16. The number of amides is 1. The maximum Gasteiger partial charge on any atom is 0.322 e. The molecule has 0 saturated heterocycles. The second-order valence-corrected chi connectivity index (χ2v) is 6.11. The number of thioether (sulfide) groups is 1. The molecule has 9 heteroatoms. The van der Waals surface area contributed by atoms with E-state index < -0.39 is 23.9 Å². The fourth-order valence-corrected chi connectivity index (χ4v) is 2.66. The SMILES string of the molecule is CC(C)Sc1cc(=O)c(C(=O)NCC(=O)O)c2nc[nH]n12. The summed E-state index contributed by atoms with van der Waals surface area (Å²) >= 11 is 1.45. The molecule has 0 radical (unpaired) electrons. The lowest BCUT2D eigenvalue weighted by Crippen LogP contribution is -2.33. The fourth-order valence-electron chi connectivity index (χ4n) is 1.76. The number of nitrogens with one attached hydrogen (secondary N) is 2. The molecule has 0 saturated carbocycles. The van der Waals surface area contributed by atoms with Gasteiger partial charge in [0.1, 0.15) is 23.5 Å². The minimum atomic E-state index is -1.19. The molecule has 2 aromatic rings. The minimum absolute atomic E-state index is 0.175. The zero-order valence-corrected chi connectivity index (χ0v) is 12.2. The van der Waals surface area contributed by atoms with Gasteiger partial charge >= 0.3 is 5.97 Å². The van der Waals surface area contributed by atoms with E-state index in [2.05, 4.69) is 15.4 Å². The van der Waals surface area contributed by atoms with E-state index in [1.165, 1.54) is 28.7 Å². The quantitative estimate of drug-likeness (QED) is 0.686. The van der Waals surface area contributed by atoms with Crippen molar-refractivity contribution in [2.24, 2.45) is 0 Å². The molecule has 3 N–H and O–H groups in total. The van der Waals surface area contributed by atoms with E-state index in [0.29, 0.717) is 5.03 Å². The van der Waals surface area contributed by atoms with Crippen molar-refractivity contribution in [3.63, 3.8) is 0 Å². The predicted molar refractivity (Wildman–Crippen MR) is 76.8 cm³/mol. The van der Waals surface area contributed by atoms with Gasteiger partial charge in [-0.05, 0) is 0 Å². The van der Waals surface area contributed by atoms with Gasteiger partial charge in [-0.3, -0.25) is 19.5 Å². The number of carbonyl (C=O) groups is 2. The Balaban J connectivity index is 2.48. The molecule has 8 nitrogen and oxygen atoms in total. The second kappa shape index (κ2) is 6.00. The molecule has 2 heterocycles. The van der Waals surface area contributed by atoms with Gasteiger partial charge in [-0.15, -0.1) is 11.8 Å². The lowest BCUT2D eigenvalue weighted by molar-refractivity contribution is -0.135. The number of hydrogen-bond acceptors (Lipinski definition) is 5. The van der Waals surface area contributed by atoms with Gasteiger partial charge in [-0.25, -0.2) is 9.50 Å². The molecule has 0 spiro atoms. The lowest BCUT2D eigenvalue weighted by Gasteiger charge is -2.09. The number of carboxylic acids is 1. The molecule has 2 aromatic heterocycles. The van der Waals surface area contributed by atoms with Crippen molar-refractivity contribution in [1.82, 2.24) is 19.9 Å². The van der Waals surface area contributed by atoms with Gasteiger partial charge < -0.3 is 10.4 Å². The van der Waals surface area contributed by atoms with Crippen LogP contribution in [0.5, 0.6) is 0 Å². The minimum Gasteiger partial charge on any atom is -0.480 e. The van der Waals surface area contributed by atoms with Crippen molar-refractivity contribution in [1.29, 1.82) is 0 Å². The Bertz CT molecular complexity index is 749. The zero-order chi connectivity index (χ0) is 15.6. The normalized spacial score (nSPS) is 11.0. The number of aromatic amines is 1. The van der Waals surface area contributed by atoms with Crippen LogP contribution in [0.3, 0.4) is 0 Å². The monoisotopic (exact) mass is 310 g/mol. The summed E-state index contributed by atoms with van der Waals surface area (Å²) in [6.45, 7) is 3.40. The summed E-state index contributed by atoms with van der Waals surface area (Å²) in [4.78, 5) is 38.6. The number of rotatable bonds is 5. The molecule has 1 amide bonds. The van der Waals surface area contributed by atoms with Crippen LogP contribution >= 0.6 is 11.8 Å². The van der Waals surface area contributed by atoms with Crippen LogP contribution in [0.15, 0.2) is 22.2 Å². The Labute approximate surface area is 123 Å². The van der Waals surface area contributed by atoms with Crippen molar-refractivity contribution in [2.45, 2.75) is 24.1 Å². The van der Waals surface area contributed by atoms with Crippen LogP contribution in [0.25, 0.3) is 5.65 Å². The number of H-pyrrole nitrogens is 1. The first-order valence-corrected chi connectivity index (χ1v) is 7.04. The Morgan fingerprint density at radius 1 is 1.52 bits per heavy atom. The van der Waals surface area contributed by atoms with E-state index in [-0.39, 0.29) is 16.5 Å². The Morgan fingerprint density at radius 3 is 2.86 bits per heavy atom. The van der Waals surface area contributed by atoms with Crippen molar-refractivity contribution in [2.75, 3.05) is 6.54 Å². The summed E-state index contributed by atoms with van der Waals surface area (Å²) in [6, 6.07) is 1.34. The average Bonchev–Trinajstić information content (AvgIpc) is 2.84. The molecule has 0 atom stereocenters. The molecule has 0 aromatic carbocycles. The van der Waals surface area contributed by atoms with E-state index >= 15 is 0 Å². The van der Waals surface area contributed by atoms with E-state index in [9.17, 15) is 14.4 Å². The second-order valence-electron chi connectivity index (χ2n) is 4.51. The first kappa shape index (κ1) is 15.1. The third-order valence-corrected chi connectivity index (χ3v) is 3.53. The number of hydrogen-bond donors (Lipinski definition) is 3. The predicted octanol–water partition coefficient (Wildman–Crippen LogP) is 0.337. The van der Waals surface area contributed by atoms with Gasteiger partial charge in [0.15, 0.2) is 11.1 Å². The number of fused-ring (bicyclic) bond motifs is 1. The van der Waals surface area contributed by atoms with Gasteiger partial charge in [-0.2, -0.15) is 0 Å². The van der Waals surface area contributed by atoms with Gasteiger partial charge in [0.25, 0.3) is 5.91 Å². The summed E-state index contributed by atoms with van der Waals surface area (Å²) in [5.74, 6) is -1.94. The molecule has 21 heavy (non-hydrogen) atoms. The molecular weight excluding hydrogens is 296 g/mol. The fraction of sp³-hybridized carbons (Fsp3) is 0.333. The highest BCUT2D eigenvalue weighted by Gasteiger charge is 2.19. The maximum atomic E-state index is 12.1. The Kier molecular flexibility index (Phi) is 4.32. The number of pyridine rings is 1. The van der Waals surface area contributed by atoms with Crippen LogP contribution in [0.4, 0.5) is 0 Å². The zero-order valence-electron chi connectivity index (χ0n) is 11.4. The van der Waals surface area contributed by atoms with E-state index in [0.717, 1.165) is 0 Å². The smallest absolute Gasteiger partial charge is 0.322 e. The number of carbonyl (C=O) groups excluding carboxylic acids is 1. The van der Waals surface area contributed by atoms with Crippen LogP contribution in [-0.2, 0) is 4.79 Å². The van der Waals surface area contributed by atoms with Gasteiger partial charge in [0.2, 0.25) is 0 Å². The summed E-state index contributed by atoms with van der Waals surface area (Å²) < 4.78 is 1.53. The summed E-state index contributed by atoms with van der Waals surface area (Å²) in [7, 11) is 0. The van der Waals surface area contributed by atoms with E-state index in [1.54, 1.807) is 0 Å². The molecule has 112 valence electrons. The largest absolute Gasteiger partial charge is 0.480 e. The summed E-state index contributed by atoms with van der Waals surface area (Å²) in [5, 5.41) is 14.5. The van der Waals surface area contributed by atoms with Crippen molar-refractivity contribution >= 4 is 29.3 Å². The number of carboxylic acid groups (broad SMARTS) is 1. The standard InChI is InChI=1S/C12H14N4O4S/c1-6(2)21-8-3-7(17)10(11-14-5-15-16(8)11)12(20)13-4-9(18)19/h3,5-6H,4H2,1-2H3,(H,13,20)(H,14,15)(H,18,19). The molecule has 0 aliphatic carbocycles. The van der Waals surface area contributed by atoms with Crippen LogP contribution in [0.1, 0.15) is 24.2 Å². The van der Waals surface area contributed by atoms with Gasteiger partial charge in [-0.1, -0.05) is 13.8 Å². The molecule has 0 fully saturated rings. The topological polar surface area (TPSA) is 117 Å². The van der Waals surface area contributed by atoms with E-state index in [1.807, 2.05) is 13.8 Å². The molecule has 0 aliphatic heterocycles. The van der Waals surface area contributed by atoms with Crippen molar-refractivity contribution < 1.29 is 14.7 Å². The maximum absolute atomic E-state index is 12.1. The highest BCUT2D eigenvalue weighted by Crippen LogP contribution is 2.22. The average molecular weight is 310 g/mol. The van der Waals surface area contributed by atoms with Crippen molar-refractivity contribution in [3.8, 4) is 0 Å². The highest BCUT2D eigenvalue weighted by molar-refractivity contribution is 7.99. The molecule has 2 rings (SSSR count). The van der Waals surface area contributed by atoms with Gasteiger partial charge in [0, 0.05) is 11.3 Å². The summed E-state index contributed by atoms with van der Waals surface area (Å²) in [6.07, 6.45) is 1.37. The third kappa shape index (κ3) is 3.24. The molecular formula is C12H14N4O4S. The van der Waals surface area contributed by atoms with E-state index in [4.69, 9.17) is 5.11 Å². The Morgan fingerprint density at radius 2 is 2.24 bits per heavy atom. The van der Waals surface area contributed by atoms with Gasteiger partial charge in [0.05, 0.1) is 0 Å². The highest BCUT2D eigenvalue weighted by atomic mass is 32.2.